The number of amides is 1. The lowest BCUT2D eigenvalue weighted by molar-refractivity contribution is -0.132. The molecule has 1 saturated carbocycles. The van der Waals surface area contributed by atoms with E-state index in [1.54, 1.807) is 4.90 Å². The summed E-state index contributed by atoms with van der Waals surface area (Å²) in [6.45, 7) is 2.93. The molecule has 0 bridgehead atoms. The van der Waals surface area contributed by atoms with Crippen LogP contribution in [0.5, 0.6) is 0 Å². The van der Waals surface area contributed by atoms with Gasteiger partial charge in [0.1, 0.15) is 5.76 Å². The Balaban J connectivity index is 1.32. The molecule has 4 heteroatoms. The van der Waals surface area contributed by atoms with Crippen molar-refractivity contribution >= 4 is 11.6 Å². The second-order valence-electron chi connectivity index (χ2n) is 7.52. The Bertz CT molecular complexity index is 837. The Morgan fingerprint density at radius 2 is 1.62 bits per heavy atom. The van der Waals surface area contributed by atoms with Crippen LogP contribution >= 0.6 is 0 Å². The highest BCUT2D eigenvalue weighted by Gasteiger charge is 2.58. The largest absolute Gasteiger partial charge is 0.480 e. The monoisotopic (exact) mass is 346 g/mol. The fraction of sp³-hybridized carbons (Fsp3) is 0.318. The van der Waals surface area contributed by atoms with E-state index in [1.165, 1.54) is 5.56 Å². The number of likely N-dealkylation sites (tertiary alicyclic amines) is 1. The number of anilines is 1. The highest BCUT2D eigenvalue weighted by Crippen LogP contribution is 2.48. The predicted molar refractivity (Wildman–Crippen MR) is 100 cm³/mol. The van der Waals surface area contributed by atoms with Crippen molar-refractivity contribution in [3.8, 4) is 0 Å². The average Bonchev–Trinajstić information content (AvgIpc) is 3.42. The molecule has 2 fully saturated rings. The van der Waals surface area contributed by atoms with Crippen LogP contribution in [0.4, 0.5) is 5.69 Å². The summed E-state index contributed by atoms with van der Waals surface area (Å²) in [5.41, 5.74) is 1.66. The van der Waals surface area contributed by atoms with Crippen LogP contribution in [0.25, 0.3) is 0 Å². The van der Waals surface area contributed by atoms with E-state index in [9.17, 15) is 4.79 Å². The summed E-state index contributed by atoms with van der Waals surface area (Å²) in [6.07, 6.45) is 3.58. The number of para-hydroxylation sites is 1. The van der Waals surface area contributed by atoms with E-state index in [-0.39, 0.29) is 5.91 Å². The number of hydrogen-bond acceptors (Lipinski definition) is 3. The molecule has 0 unspecified atom stereocenters. The van der Waals surface area contributed by atoms with Gasteiger partial charge in [-0.05, 0) is 17.7 Å². The van der Waals surface area contributed by atoms with Gasteiger partial charge in [-0.2, -0.15) is 0 Å². The van der Waals surface area contributed by atoms with Crippen molar-refractivity contribution in [2.75, 3.05) is 18.0 Å². The second kappa shape index (κ2) is 5.99. The smallest absolute Gasteiger partial charge is 0.275 e. The molecule has 3 aliphatic rings. The summed E-state index contributed by atoms with van der Waals surface area (Å²) in [7, 11) is 0. The van der Waals surface area contributed by atoms with Crippen molar-refractivity contribution in [2.24, 2.45) is 5.92 Å². The highest BCUT2D eigenvalue weighted by molar-refractivity contribution is 6.03. The van der Waals surface area contributed by atoms with Gasteiger partial charge < -0.3 is 4.74 Å². The van der Waals surface area contributed by atoms with Gasteiger partial charge in [-0.15, -0.1) is 0 Å². The van der Waals surface area contributed by atoms with Crippen molar-refractivity contribution in [1.82, 2.24) is 4.90 Å². The van der Waals surface area contributed by atoms with Crippen LogP contribution in [0.3, 0.4) is 0 Å². The van der Waals surface area contributed by atoms with Gasteiger partial charge in [-0.1, -0.05) is 48.5 Å². The van der Waals surface area contributed by atoms with Crippen LogP contribution in [-0.2, 0) is 16.1 Å². The molecule has 0 aromatic heterocycles. The molecule has 1 aliphatic carbocycles. The van der Waals surface area contributed by atoms with E-state index in [0.29, 0.717) is 5.92 Å². The maximum Gasteiger partial charge on any atom is 0.275 e. The zero-order valence-electron chi connectivity index (χ0n) is 14.7. The number of carbonyl (C=O) groups excluding carboxylic acids is 1. The van der Waals surface area contributed by atoms with Crippen molar-refractivity contribution in [2.45, 2.75) is 25.0 Å². The van der Waals surface area contributed by atoms with Crippen LogP contribution in [0.15, 0.2) is 72.6 Å². The van der Waals surface area contributed by atoms with Gasteiger partial charge in [-0.25, -0.2) is 0 Å². The third-order valence-electron chi connectivity index (χ3n) is 5.53. The van der Waals surface area contributed by atoms with Gasteiger partial charge in [0, 0.05) is 44.1 Å². The third-order valence-corrected chi connectivity index (χ3v) is 5.53. The first kappa shape index (κ1) is 15.6. The fourth-order valence-electron chi connectivity index (χ4n) is 3.82. The number of nitrogens with zero attached hydrogens (tertiary/aromatic N) is 2. The summed E-state index contributed by atoms with van der Waals surface area (Å²) >= 11 is 0. The minimum Gasteiger partial charge on any atom is -0.480 e. The Kier molecular flexibility index (Phi) is 3.61. The zero-order chi connectivity index (χ0) is 17.6. The van der Waals surface area contributed by atoms with Crippen molar-refractivity contribution in [1.29, 1.82) is 0 Å². The van der Waals surface area contributed by atoms with E-state index in [2.05, 4.69) is 29.2 Å². The molecule has 0 radical (unpaired) electrons. The molecule has 26 heavy (non-hydrogen) atoms. The molecule has 0 N–H and O–H groups in total. The van der Waals surface area contributed by atoms with Crippen molar-refractivity contribution in [3.05, 3.63) is 78.2 Å². The van der Waals surface area contributed by atoms with Crippen LogP contribution in [-0.4, -0.2) is 29.5 Å². The Hall–Kier alpha value is -2.59. The maximum atomic E-state index is 12.8. The van der Waals surface area contributed by atoms with E-state index < -0.39 is 5.60 Å². The molecule has 2 aliphatic heterocycles. The molecule has 132 valence electrons. The highest BCUT2D eigenvalue weighted by atomic mass is 16.5. The van der Waals surface area contributed by atoms with Gasteiger partial charge >= 0.3 is 0 Å². The molecule has 1 amide bonds. The summed E-state index contributed by atoms with van der Waals surface area (Å²) in [5.74, 6) is 1.42. The van der Waals surface area contributed by atoms with Gasteiger partial charge in [0.05, 0.1) is 6.20 Å². The molecule has 0 atom stereocenters. The molecule has 4 nitrogen and oxygen atoms in total. The van der Waals surface area contributed by atoms with Crippen LogP contribution < -0.4 is 4.90 Å². The Morgan fingerprint density at radius 3 is 2.27 bits per heavy atom. The topological polar surface area (TPSA) is 32.8 Å². The standard InChI is InChI=1S/C22H22N2O2/c25-21-22(11-12-22)26-20(16-24(21)19-9-5-2-6-10-19)18-14-23(15-18)13-17-7-3-1-4-8-17/h1-10,16,18H,11-15H2. The van der Waals surface area contributed by atoms with Gasteiger partial charge in [0.15, 0.2) is 5.60 Å². The molecule has 2 aromatic rings. The van der Waals surface area contributed by atoms with Crippen molar-refractivity contribution in [3.63, 3.8) is 0 Å². The van der Waals surface area contributed by atoms with Crippen LogP contribution in [0, 0.1) is 5.92 Å². The van der Waals surface area contributed by atoms with E-state index in [1.807, 2.05) is 42.6 Å². The SMILES string of the molecule is O=C1N(c2ccccc2)C=C(C2CN(Cc3ccccc3)C2)OC12CC2. The van der Waals surface area contributed by atoms with E-state index in [0.717, 1.165) is 43.9 Å². The molecule has 1 spiro atoms. The first-order valence-corrected chi connectivity index (χ1v) is 9.29. The predicted octanol–water partition coefficient (Wildman–Crippen LogP) is 3.56. The molecular weight excluding hydrogens is 324 g/mol. The third kappa shape index (κ3) is 2.71. The number of rotatable bonds is 4. The molecule has 1 saturated heterocycles. The van der Waals surface area contributed by atoms with E-state index >= 15 is 0 Å². The minimum absolute atomic E-state index is 0.0768. The van der Waals surface area contributed by atoms with Gasteiger partial charge in [0.25, 0.3) is 5.91 Å². The first-order chi connectivity index (χ1) is 12.7. The Morgan fingerprint density at radius 1 is 0.962 bits per heavy atom. The lowest BCUT2D eigenvalue weighted by Crippen LogP contribution is -2.51. The summed E-state index contributed by atoms with van der Waals surface area (Å²) < 4.78 is 6.19. The Labute approximate surface area is 153 Å². The minimum atomic E-state index is -0.597. The number of ether oxygens (including phenoxy) is 1. The molecular formula is C22H22N2O2. The lowest BCUT2D eigenvalue weighted by atomic mass is 9.96. The maximum absolute atomic E-state index is 12.8. The number of carbonyl (C=O) groups is 1. The number of hydrogen-bond donors (Lipinski definition) is 0. The summed E-state index contributed by atoms with van der Waals surface area (Å²) in [6, 6.07) is 20.4. The normalized spacial score (nSPS) is 21.9. The fourth-order valence-corrected chi connectivity index (χ4v) is 3.82. The van der Waals surface area contributed by atoms with Crippen LogP contribution in [0.2, 0.25) is 0 Å². The van der Waals surface area contributed by atoms with Crippen molar-refractivity contribution < 1.29 is 9.53 Å². The summed E-state index contributed by atoms with van der Waals surface area (Å²) in [4.78, 5) is 17.1. The van der Waals surface area contributed by atoms with E-state index in [4.69, 9.17) is 4.74 Å². The van der Waals surface area contributed by atoms with Gasteiger partial charge in [-0.3, -0.25) is 14.6 Å². The van der Waals surface area contributed by atoms with Gasteiger partial charge in [0.2, 0.25) is 0 Å². The average molecular weight is 346 g/mol. The zero-order valence-corrected chi connectivity index (χ0v) is 14.7. The van der Waals surface area contributed by atoms with Crippen LogP contribution in [0.1, 0.15) is 18.4 Å². The summed E-state index contributed by atoms with van der Waals surface area (Å²) in [5, 5.41) is 0. The molecule has 2 heterocycles. The second-order valence-corrected chi connectivity index (χ2v) is 7.52. The first-order valence-electron chi connectivity index (χ1n) is 9.29. The molecule has 5 rings (SSSR count). The quantitative estimate of drug-likeness (QED) is 0.849. The number of benzene rings is 2. The molecule has 2 aromatic carbocycles. The lowest BCUT2D eigenvalue weighted by Gasteiger charge is -2.43.